The molecule has 1 amide bonds. The first-order chi connectivity index (χ1) is 12.1. The first-order valence-corrected chi connectivity index (χ1v) is 10.1. The number of hydrogen-bond acceptors (Lipinski definition) is 3. The highest BCUT2D eigenvalue weighted by Crippen LogP contribution is 2.55. The van der Waals surface area contributed by atoms with Crippen LogP contribution in [0.5, 0.6) is 0 Å². The Morgan fingerprint density at radius 2 is 1.76 bits per heavy atom. The van der Waals surface area contributed by atoms with Crippen molar-refractivity contribution in [2.75, 3.05) is 0 Å². The van der Waals surface area contributed by atoms with Gasteiger partial charge in [-0.25, -0.2) is 9.48 Å². The Morgan fingerprint density at radius 3 is 2.44 bits per heavy atom. The topological polar surface area (TPSA) is 68.9 Å². The maximum Gasteiger partial charge on any atom is 0.346 e. The van der Waals surface area contributed by atoms with Gasteiger partial charge >= 0.3 is 5.69 Å². The number of nitrogens with one attached hydrogen (secondary N) is 1. The van der Waals surface area contributed by atoms with E-state index in [1.807, 2.05) is 0 Å². The monoisotopic (exact) mass is 344 g/mol. The zero-order chi connectivity index (χ0) is 17.0. The summed E-state index contributed by atoms with van der Waals surface area (Å²) in [4.78, 5) is 25.3. The van der Waals surface area contributed by atoms with Crippen molar-refractivity contribution in [1.29, 1.82) is 0 Å². The number of rotatable bonds is 3. The highest BCUT2D eigenvalue weighted by atomic mass is 16.2. The number of carbonyl (C=O) groups excluding carboxylic acids is 1. The molecule has 4 aliphatic carbocycles. The van der Waals surface area contributed by atoms with Crippen LogP contribution >= 0.6 is 0 Å². The molecule has 4 saturated carbocycles. The Morgan fingerprint density at radius 1 is 1.08 bits per heavy atom. The molecule has 1 N–H and O–H groups in total. The van der Waals surface area contributed by atoms with E-state index in [2.05, 4.69) is 10.4 Å². The average Bonchev–Trinajstić information content (AvgIpc) is 2.71. The number of amides is 1. The molecular formula is C19H28N4O2. The van der Waals surface area contributed by atoms with E-state index in [4.69, 9.17) is 0 Å². The van der Waals surface area contributed by atoms with Crippen molar-refractivity contribution < 1.29 is 4.79 Å². The largest absolute Gasteiger partial charge is 0.349 e. The zero-order valence-electron chi connectivity index (χ0n) is 14.9. The molecule has 5 aliphatic rings. The fraction of sp³-hybridized carbons (Fsp3) is 0.842. The number of carbonyl (C=O) groups is 1. The SMILES string of the molecule is O=C(Cn1nc2n(c1=O)CCCCC2)NC12CC3CC(CC(C3)C1)C2. The van der Waals surface area contributed by atoms with E-state index in [9.17, 15) is 9.59 Å². The van der Waals surface area contributed by atoms with Crippen molar-refractivity contribution in [3.05, 3.63) is 16.3 Å². The molecule has 6 heteroatoms. The van der Waals surface area contributed by atoms with Crippen LogP contribution in [0.4, 0.5) is 0 Å². The maximum atomic E-state index is 12.7. The Bertz CT molecular complexity index is 712. The lowest BCUT2D eigenvalue weighted by atomic mass is 9.53. The third-order valence-electron chi connectivity index (χ3n) is 7.02. The Balaban J connectivity index is 1.31. The molecule has 4 bridgehead atoms. The number of aromatic nitrogens is 3. The molecule has 1 aromatic rings. The van der Waals surface area contributed by atoms with Crippen LogP contribution in [0.25, 0.3) is 0 Å². The number of nitrogens with zero attached hydrogens (tertiary/aromatic N) is 3. The molecule has 0 aromatic carbocycles. The second-order valence-electron chi connectivity index (χ2n) is 9.06. The summed E-state index contributed by atoms with van der Waals surface area (Å²) in [6.45, 7) is 0.811. The second kappa shape index (κ2) is 5.71. The molecule has 0 radical (unpaired) electrons. The van der Waals surface area contributed by atoms with Crippen LogP contribution in [0.2, 0.25) is 0 Å². The Labute approximate surface area is 148 Å². The predicted octanol–water partition coefficient (Wildman–Crippen LogP) is 1.86. The Hall–Kier alpha value is -1.59. The number of hydrogen-bond donors (Lipinski definition) is 1. The lowest BCUT2D eigenvalue weighted by Crippen LogP contribution is -2.60. The van der Waals surface area contributed by atoms with Gasteiger partial charge in [-0.15, -0.1) is 0 Å². The van der Waals surface area contributed by atoms with Crippen molar-refractivity contribution in [2.24, 2.45) is 17.8 Å². The molecule has 25 heavy (non-hydrogen) atoms. The molecule has 2 heterocycles. The molecule has 1 aliphatic heterocycles. The van der Waals surface area contributed by atoms with Gasteiger partial charge in [-0.2, -0.15) is 5.10 Å². The molecule has 0 saturated heterocycles. The summed E-state index contributed by atoms with van der Waals surface area (Å²) in [5, 5.41) is 7.80. The fourth-order valence-electron chi connectivity index (χ4n) is 6.46. The van der Waals surface area contributed by atoms with E-state index in [-0.39, 0.29) is 23.7 Å². The standard InChI is InChI=1S/C19H28N4O2/c24-17(12-23-18(25)22-5-3-1-2-4-16(22)21-23)20-19-9-13-6-14(10-19)8-15(7-13)11-19/h13-15H,1-12H2,(H,20,24). The van der Waals surface area contributed by atoms with Crippen LogP contribution in [-0.4, -0.2) is 25.8 Å². The number of fused-ring (bicyclic) bond motifs is 1. The van der Waals surface area contributed by atoms with Gasteiger partial charge in [0.25, 0.3) is 0 Å². The van der Waals surface area contributed by atoms with Gasteiger partial charge in [0.15, 0.2) is 0 Å². The normalized spacial score (nSPS) is 36.1. The molecule has 0 unspecified atom stereocenters. The minimum Gasteiger partial charge on any atom is -0.349 e. The summed E-state index contributed by atoms with van der Waals surface area (Å²) >= 11 is 0. The molecule has 0 spiro atoms. The van der Waals surface area contributed by atoms with Gasteiger partial charge in [-0.1, -0.05) is 6.42 Å². The predicted molar refractivity (Wildman–Crippen MR) is 93.1 cm³/mol. The number of aryl methyl sites for hydroxylation is 1. The third kappa shape index (κ3) is 2.74. The summed E-state index contributed by atoms with van der Waals surface area (Å²) in [5.74, 6) is 3.23. The first-order valence-electron chi connectivity index (χ1n) is 10.1. The molecule has 6 nitrogen and oxygen atoms in total. The highest BCUT2D eigenvalue weighted by molar-refractivity contribution is 5.76. The molecule has 1 aromatic heterocycles. The summed E-state index contributed by atoms with van der Waals surface area (Å²) < 4.78 is 3.15. The maximum absolute atomic E-state index is 12.7. The van der Waals surface area contributed by atoms with Gasteiger partial charge in [-0.3, -0.25) is 9.36 Å². The fourth-order valence-corrected chi connectivity index (χ4v) is 6.46. The van der Waals surface area contributed by atoms with Gasteiger partial charge in [0, 0.05) is 18.5 Å². The van der Waals surface area contributed by atoms with Crippen molar-refractivity contribution in [2.45, 2.75) is 82.8 Å². The van der Waals surface area contributed by atoms with Crippen LogP contribution < -0.4 is 11.0 Å². The van der Waals surface area contributed by atoms with Crippen LogP contribution in [0.1, 0.15) is 63.6 Å². The van der Waals surface area contributed by atoms with E-state index < -0.39 is 0 Å². The third-order valence-corrected chi connectivity index (χ3v) is 7.02. The van der Waals surface area contributed by atoms with Gasteiger partial charge in [0.2, 0.25) is 5.91 Å². The van der Waals surface area contributed by atoms with Gasteiger partial charge in [0.05, 0.1) is 0 Å². The van der Waals surface area contributed by atoms with Crippen molar-refractivity contribution in [3.8, 4) is 0 Å². The lowest BCUT2D eigenvalue weighted by molar-refractivity contribution is -0.127. The van der Waals surface area contributed by atoms with Crippen LogP contribution in [0.15, 0.2) is 4.79 Å². The molecule has 6 rings (SSSR count). The summed E-state index contributed by atoms with van der Waals surface area (Å²) in [7, 11) is 0. The van der Waals surface area contributed by atoms with E-state index in [0.717, 1.165) is 75.1 Å². The van der Waals surface area contributed by atoms with Gasteiger partial charge in [-0.05, 0) is 69.1 Å². The summed E-state index contributed by atoms with van der Waals surface area (Å²) in [6, 6.07) is 0. The van der Waals surface area contributed by atoms with E-state index in [0.29, 0.717) is 0 Å². The van der Waals surface area contributed by atoms with E-state index >= 15 is 0 Å². The van der Waals surface area contributed by atoms with Crippen molar-refractivity contribution in [1.82, 2.24) is 19.7 Å². The second-order valence-corrected chi connectivity index (χ2v) is 9.06. The smallest absolute Gasteiger partial charge is 0.346 e. The van der Waals surface area contributed by atoms with Gasteiger partial charge in [0.1, 0.15) is 12.4 Å². The molecule has 0 atom stereocenters. The van der Waals surface area contributed by atoms with E-state index in [1.165, 1.54) is 23.9 Å². The molecule has 136 valence electrons. The molecule has 4 fully saturated rings. The quantitative estimate of drug-likeness (QED) is 0.910. The summed E-state index contributed by atoms with van der Waals surface area (Å²) in [5.41, 5.74) is -0.107. The van der Waals surface area contributed by atoms with Crippen molar-refractivity contribution >= 4 is 5.91 Å². The highest BCUT2D eigenvalue weighted by Gasteiger charge is 2.51. The van der Waals surface area contributed by atoms with E-state index in [1.54, 1.807) is 4.57 Å². The van der Waals surface area contributed by atoms with Crippen molar-refractivity contribution in [3.63, 3.8) is 0 Å². The van der Waals surface area contributed by atoms with Crippen LogP contribution in [0.3, 0.4) is 0 Å². The summed E-state index contributed by atoms with van der Waals surface area (Å²) in [6.07, 6.45) is 11.6. The Kier molecular flexibility index (Phi) is 3.57. The van der Waals surface area contributed by atoms with Crippen LogP contribution in [-0.2, 0) is 24.3 Å². The minimum atomic E-state index is -0.113. The first kappa shape index (κ1) is 15.6. The minimum absolute atomic E-state index is 0.00622. The van der Waals surface area contributed by atoms with Crippen LogP contribution in [0, 0.1) is 17.8 Å². The lowest BCUT2D eigenvalue weighted by Gasteiger charge is -2.56. The average molecular weight is 344 g/mol. The van der Waals surface area contributed by atoms with Gasteiger partial charge < -0.3 is 5.32 Å². The zero-order valence-corrected chi connectivity index (χ0v) is 14.9. The molecular weight excluding hydrogens is 316 g/mol.